The lowest BCUT2D eigenvalue weighted by atomic mass is 9.84. The lowest BCUT2D eigenvalue weighted by Crippen LogP contribution is -2.48. The van der Waals surface area contributed by atoms with Gasteiger partial charge in [0.1, 0.15) is 11.4 Å². The lowest BCUT2D eigenvalue weighted by Gasteiger charge is -2.39. The second-order valence-electron chi connectivity index (χ2n) is 10.3. The number of nitrogen functional groups attached to an aromatic ring is 1. The first-order valence-electron chi connectivity index (χ1n) is 11.9. The average Bonchev–Trinajstić information content (AvgIpc) is 2.72. The van der Waals surface area contributed by atoms with E-state index in [2.05, 4.69) is 10.3 Å². The maximum atomic E-state index is 12.1. The predicted octanol–water partition coefficient (Wildman–Crippen LogP) is 3.37. The molecule has 33 heavy (non-hydrogen) atoms. The van der Waals surface area contributed by atoms with Crippen molar-refractivity contribution in [3.05, 3.63) is 22.7 Å². The molecule has 10 nitrogen and oxygen atoms in total. The SMILES string of the molecule is CC(C)(C)OC(=O)NC1CCC(N(CC2CCC(n3ccc(N)nc3=O)CC2)C(=O)O)CC1. The fourth-order valence-corrected chi connectivity index (χ4v) is 4.98. The van der Waals surface area contributed by atoms with Gasteiger partial charge in [-0.1, -0.05) is 0 Å². The van der Waals surface area contributed by atoms with Crippen LogP contribution in [-0.4, -0.2) is 56.0 Å². The number of nitrogens with one attached hydrogen (secondary N) is 1. The molecule has 1 aromatic heterocycles. The molecule has 10 heteroatoms. The molecule has 2 amide bonds. The Morgan fingerprint density at radius 2 is 1.82 bits per heavy atom. The molecule has 0 aliphatic heterocycles. The summed E-state index contributed by atoms with van der Waals surface area (Å²) in [6.07, 6.45) is 6.63. The third-order valence-corrected chi connectivity index (χ3v) is 6.62. The molecule has 184 valence electrons. The second-order valence-corrected chi connectivity index (χ2v) is 10.3. The zero-order chi connectivity index (χ0) is 24.2. The first-order chi connectivity index (χ1) is 15.5. The van der Waals surface area contributed by atoms with Gasteiger partial charge in [0.2, 0.25) is 0 Å². The average molecular weight is 464 g/mol. The number of carboxylic acid groups (broad SMARTS) is 1. The van der Waals surface area contributed by atoms with Gasteiger partial charge >= 0.3 is 17.9 Å². The van der Waals surface area contributed by atoms with E-state index >= 15 is 0 Å². The molecule has 4 N–H and O–H groups in total. The van der Waals surface area contributed by atoms with E-state index in [0.717, 1.165) is 38.5 Å². The Hall–Kier alpha value is -2.78. The highest BCUT2D eigenvalue weighted by Gasteiger charge is 2.33. The number of nitrogens with two attached hydrogens (primary N) is 1. The number of aromatic nitrogens is 2. The van der Waals surface area contributed by atoms with Crippen molar-refractivity contribution < 1.29 is 19.4 Å². The Morgan fingerprint density at radius 3 is 2.36 bits per heavy atom. The zero-order valence-corrected chi connectivity index (χ0v) is 19.8. The van der Waals surface area contributed by atoms with Gasteiger partial charge in [0.05, 0.1) is 0 Å². The smallest absolute Gasteiger partial charge is 0.407 e. The van der Waals surface area contributed by atoms with Gasteiger partial charge in [0.25, 0.3) is 0 Å². The summed E-state index contributed by atoms with van der Waals surface area (Å²) in [5.41, 5.74) is 4.70. The summed E-state index contributed by atoms with van der Waals surface area (Å²) in [7, 11) is 0. The van der Waals surface area contributed by atoms with Gasteiger partial charge in [-0.2, -0.15) is 4.98 Å². The van der Waals surface area contributed by atoms with Gasteiger partial charge in [-0.3, -0.25) is 4.57 Å². The Morgan fingerprint density at radius 1 is 1.18 bits per heavy atom. The van der Waals surface area contributed by atoms with E-state index in [4.69, 9.17) is 10.5 Å². The van der Waals surface area contributed by atoms with Crippen molar-refractivity contribution >= 4 is 18.0 Å². The molecule has 2 aliphatic rings. The quantitative estimate of drug-likeness (QED) is 0.608. The molecule has 0 aromatic carbocycles. The first-order valence-corrected chi connectivity index (χ1v) is 11.9. The second kappa shape index (κ2) is 10.4. The van der Waals surface area contributed by atoms with E-state index in [1.54, 1.807) is 21.7 Å². The molecule has 1 aromatic rings. The summed E-state index contributed by atoms with van der Waals surface area (Å²) < 4.78 is 6.96. The summed E-state index contributed by atoms with van der Waals surface area (Å²) in [4.78, 5) is 41.5. The van der Waals surface area contributed by atoms with Gasteiger partial charge in [-0.05, 0) is 84.1 Å². The third-order valence-electron chi connectivity index (χ3n) is 6.62. The molecule has 0 bridgehead atoms. The van der Waals surface area contributed by atoms with Gasteiger partial charge in [-0.25, -0.2) is 14.4 Å². The Labute approximate surface area is 194 Å². The first kappa shape index (κ1) is 24.9. The highest BCUT2D eigenvalue weighted by Crippen LogP contribution is 2.33. The van der Waals surface area contributed by atoms with Crippen molar-refractivity contribution in [1.29, 1.82) is 0 Å². The van der Waals surface area contributed by atoms with E-state index in [1.807, 2.05) is 20.8 Å². The van der Waals surface area contributed by atoms with Crippen molar-refractivity contribution in [2.75, 3.05) is 12.3 Å². The third kappa shape index (κ3) is 7.10. The molecular weight excluding hydrogens is 426 g/mol. The summed E-state index contributed by atoms with van der Waals surface area (Å²) in [5, 5.41) is 12.8. The minimum Gasteiger partial charge on any atom is -0.465 e. The van der Waals surface area contributed by atoms with Crippen molar-refractivity contribution in [3.8, 4) is 0 Å². The molecule has 0 saturated heterocycles. The van der Waals surface area contributed by atoms with E-state index in [9.17, 15) is 19.5 Å². The fraction of sp³-hybridized carbons (Fsp3) is 0.739. The number of carbonyl (C=O) groups excluding carboxylic acids is 1. The van der Waals surface area contributed by atoms with E-state index in [0.29, 0.717) is 19.4 Å². The van der Waals surface area contributed by atoms with Crippen molar-refractivity contribution in [2.45, 2.75) is 95.9 Å². The topological polar surface area (TPSA) is 140 Å². The number of hydrogen-bond acceptors (Lipinski definition) is 6. The summed E-state index contributed by atoms with van der Waals surface area (Å²) in [6.45, 7) is 5.98. The highest BCUT2D eigenvalue weighted by molar-refractivity contribution is 5.68. The maximum Gasteiger partial charge on any atom is 0.407 e. The van der Waals surface area contributed by atoms with Crippen LogP contribution in [0.25, 0.3) is 0 Å². The van der Waals surface area contributed by atoms with Crippen LogP contribution in [0.2, 0.25) is 0 Å². The number of hydrogen-bond donors (Lipinski definition) is 3. The van der Waals surface area contributed by atoms with Crippen LogP contribution in [0.15, 0.2) is 17.1 Å². The molecule has 2 saturated carbocycles. The molecular formula is C23H37N5O5. The molecule has 1 heterocycles. The molecule has 2 aliphatic carbocycles. The number of amides is 2. The predicted molar refractivity (Wildman–Crippen MR) is 124 cm³/mol. The van der Waals surface area contributed by atoms with E-state index in [1.165, 1.54) is 0 Å². The van der Waals surface area contributed by atoms with Crippen molar-refractivity contribution in [2.24, 2.45) is 5.92 Å². The van der Waals surface area contributed by atoms with Crippen molar-refractivity contribution in [3.63, 3.8) is 0 Å². The van der Waals surface area contributed by atoms with Crippen LogP contribution in [-0.2, 0) is 4.74 Å². The maximum absolute atomic E-state index is 12.1. The summed E-state index contributed by atoms with van der Waals surface area (Å²) in [6, 6.07) is 1.68. The van der Waals surface area contributed by atoms with Crippen LogP contribution in [0.1, 0.15) is 78.2 Å². The van der Waals surface area contributed by atoms with Crippen LogP contribution < -0.4 is 16.7 Å². The molecule has 0 unspecified atom stereocenters. The largest absolute Gasteiger partial charge is 0.465 e. The van der Waals surface area contributed by atoms with Crippen LogP contribution in [0.5, 0.6) is 0 Å². The molecule has 3 rings (SSSR count). The lowest BCUT2D eigenvalue weighted by molar-refractivity contribution is 0.0466. The van der Waals surface area contributed by atoms with Crippen LogP contribution in [0, 0.1) is 5.92 Å². The molecule has 0 radical (unpaired) electrons. The summed E-state index contributed by atoms with van der Waals surface area (Å²) in [5.74, 6) is 0.491. The Bertz CT molecular complexity index is 880. The fourth-order valence-electron chi connectivity index (χ4n) is 4.98. The van der Waals surface area contributed by atoms with E-state index in [-0.39, 0.29) is 35.6 Å². The number of ether oxygens (including phenoxy) is 1. The molecule has 2 fully saturated rings. The van der Waals surface area contributed by atoms with Gasteiger partial charge in [0, 0.05) is 30.9 Å². The number of nitrogens with zero attached hydrogens (tertiary/aromatic N) is 3. The highest BCUT2D eigenvalue weighted by atomic mass is 16.6. The minimum absolute atomic E-state index is 0.00835. The van der Waals surface area contributed by atoms with E-state index < -0.39 is 17.8 Å². The minimum atomic E-state index is -0.889. The van der Waals surface area contributed by atoms with Crippen LogP contribution in [0.4, 0.5) is 15.4 Å². The van der Waals surface area contributed by atoms with Gasteiger partial charge < -0.3 is 25.8 Å². The van der Waals surface area contributed by atoms with Gasteiger partial charge in [-0.15, -0.1) is 0 Å². The number of carbonyl (C=O) groups is 2. The number of alkyl carbamates (subject to hydrolysis) is 1. The monoisotopic (exact) mass is 463 g/mol. The zero-order valence-electron chi connectivity index (χ0n) is 19.8. The standard InChI is InChI=1S/C23H37N5O5/c1-23(2,3)33-21(30)25-16-6-10-18(11-7-16)28(22(31)32)14-15-4-8-17(9-5-15)27-13-12-19(24)26-20(27)29/h12-13,15-18H,4-11,14H2,1-3H3,(H,25,30)(H,31,32)(H2,24,26,29). The molecule has 0 atom stereocenters. The van der Waals surface area contributed by atoms with Crippen LogP contribution >= 0.6 is 0 Å². The van der Waals surface area contributed by atoms with Gasteiger partial charge in [0.15, 0.2) is 0 Å². The number of anilines is 1. The Kier molecular flexibility index (Phi) is 7.86. The molecule has 0 spiro atoms. The van der Waals surface area contributed by atoms with Crippen molar-refractivity contribution in [1.82, 2.24) is 19.8 Å². The Balaban J connectivity index is 1.48. The normalized spacial score (nSPS) is 25.8. The van der Waals surface area contributed by atoms with Crippen LogP contribution in [0.3, 0.4) is 0 Å². The summed E-state index contributed by atoms with van der Waals surface area (Å²) >= 11 is 0. The number of rotatable bonds is 5.